The van der Waals surface area contributed by atoms with Crippen molar-refractivity contribution in [2.24, 2.45) is 0 Å². The molecular formula is C15H15F3O2S. The van der Waals surface area contributed by atoms with Crippen molar-refractivity contribution in [3.63, 3.8) is 0 Å². The lowest BCUT2D eigenvalue weighted by molar-refractivity contribution is -0.192. The Balaban J connectivity index is 0.000000270. The third kappa shape index (κ3) is 5.99. The Labute approximate surface area is 124 Å². The van der Waals surface area contributed by atoms with Crippen LogP contribution in [0.1, 0.15) is 20.9 Å². The number of hydrogen-bond donors (Lipinski definition) is 1. The smallest absolute Gasteiger partial charge is 0.475 e. The van der Waals surface area contributed by atoms with Crippen LogP contribution < -0.4 is 0 Å². The summed E-state index contributed by atoms with van der Waals surface area (Å²) in [5.74, 6) is -2.76. The summed E-state index contributed by atoms with van der Waals surface area (Å²) < 4.78 is 31.7. The van der Waals surface area contributed by atoms with Crippen molar-refractivity contribution < 1.29 is 23.1 Å². The molecule has 1 aromatic carbocycles. The lowest BCUT2D eigenvalue weighted by Crippen LogP contribution is -2.21. The van der Waals surface area contributed by atoms with Gasteiger partial charge in [-0.05, 0) is 31.0 Å². The van der Waals surface area contributed by atoms with Gasteiger partial charge in [0, 0.05) is 16.2 Å². The maximum absolute atomic E-state index is 10.6. The number of aryl methyl sites for hydroxylation is 2. The van der Waals surface area contributed by atoms with Crippen LogP contribution in [0.25, 0.3) is 0 Å². The predicted octanol–water partition coefficient (Wildman–Crippen LogP) is 4.59. The second-order valence-electron chi connectivity index (χ2n) is 4.42. The lowest BCUT2D eigenvalue weighted by atomic mass is 10.1. The number of carboxylic acids is 1. The first-order valence-corrected chi connectivity index (χ1v) is 6.91. The summed E-state index contributed by atoms with van der Waals surface area (Å²) >= 11 is 1.91. The van der Waals surface area contributed by atoms with Gasteiger partial charge in [0.15, 0.2) is 0 Å². The van der Waals surface area contributed by atoms with Crippen LogP contribution in [0.4, 0.5) is 13.2 Å². The predicted molar refractivity (Wildman–Crippen MR) is 76.7 cm³/mol. The number of aliphatic carboxylic acids is 1. The minimum Gasteiger partial charge on any atom is -0.475 e. The zero-order valence-corrected chi connectivity index (χ0v) is 12.4. The van der Waals surface area contributed by atoms with Crippen LogP contribution in [0.5, 0.6) is 0 Å². The Morgan fingerprint density at radius 1 is 1.19 bits per heavy atom. The van der Waals surface area contributed by atoms with Crippen LogP contribution in [0.15, 0.2) is 36.4 Å². The van der Waals surface area contributed by atoms with Crippen molar-refractivity contribution in [1.29, 1.82) is 0 Å². The van der Waals surface area contributed by atoms with Gasteiger partial charge >= 0.3 is 12.1 Å². The molecule has 0 unspecified atom stereocenters. The van der Waals surface area contributed by atoms with Crippen LogP contribution in [-0.2, 0) is 11.2 Å². The summed E-state index contributed by atoms with van der Waals surface area (Å²) in [6.07, 6.45) is -4.01. The molecule has 0 aliphatic carbocycles. The highest BCUT2D eigenvalue weighted by Crippen LogP contribution is 2.23. The molecule has 0 saturated carbocycles. The van der Waals surface area contributed by atoms with Gasteiger partial charge in [0.1, 0.15) is 0 Å². The minimum absolute atomic E-state index is 1.07. The number of benzene rings is 1. The first kappa shape index (κ1) is 17.2. The molecule has 114 valence electrons. The molecule has 1 heterocycles. The minimum atomic E-state index is -5.08. The van der Waals surface area contributed by atoms with Crippen LogP contribution in [-0.4, -0.2) is 17.3 Å². The van der Waals surface area contributed by atoms with E-state index < -0.39 is 12.1 Å². The molecule has 2 aromatic rings. The van der Waals surface area contributed by atoms with Crippen LogP contribution in [0.3, 0.4) is 0 Å². The lowest BCUT2D eigenvalue weighted by Gasteiger charge is -1.96. The summed E-state index contributed by atoms with van der Waals surface area (Å²) in [5.41, 5.74) is 2.81. The molecule has 0 fully saturated rings. The highest BCUT2D eigenvalue weighted by Gasteiger charge is 2.38. The normalized spacial score (nSPS) is 10.7. The van der Waals surface area contributed by atoms with Crippen molar-refractivity contribution in [2.75, 3.05) is 0 Å². The van der Waals surface area contributed by atoms with E-state index in [4.69, 9.17) is 9.90 Å². The van der Waals surface area contributed by atoms with E-state index in [2.05, 4.69) is 50.2 Å². The van der Waals surface area contributed by atoms with E-state index in [1.165, 1.54) is 20.9 Å². The largest absolute Gasteiger partial charge is 0.490 e. The quantitative estimate of drug-likeness (QED) is 0.880. The topological polar surface area (TPSA) is 37.3 Å². The molecule has 0 saturated heterocycles. The van der Waals surface area contributed by atoms with Gasteiger partial charge in [0.2, 0.25) is 0 Å². The zero-order valence-electron chi connectivity index (χ0n) is 11.6. The zero-order chi connectivity index (χ0) is 16.0. The third-order valence-electron chi connectivity index (χ3n) is 2.68. The van der Waals surface area contributed by atoms with Gasteiger partial charge in [0.25, 0.3) is 0 Å². The summed E-state index contributed by atoms with van der Waals surface area (Å²) in [5, 5.41) is 7.12. The van der Waals surface area contributed by atoms with Gasteiger partial charge in [0.05, 0.1) is 0 Å². The second kappa shape index (κ2) is 7.26. The summed E-state index contributed by atoms with van der Waals surface area (Å²) in [6, 6.07) is 12.9. The van der Waals surface area contributed by atoms with Gasteiger partial charge in [-0.25, -0.2) is 4.79 Å². The Hall–Kier alpha value is -1.82. The molecule has 1 aromatic heterocycles. The number of halogens is 3. The van der Waals surface area contributed by atoms with Gasteiger partial charge in [-0.1, -0.05) is 30.3 Å². The summed E-state index contributed by atoms with van der Waals surface area (Å²) in [6.45, 7) is 4.37. The molecule has 0 spiro atoms. The van der Waals surface area contributed by atoms with Crippen LogP contribution >= 0.6 is 11.3 Å². The highest BCUT2D eigenvalue weighted by molar-refractivity contribution is 7.12. The number of alkyl halides is 3. The first-order valence-electron chi connectivity index (χ1n) is 6.10. The van der Waals surface area contributed by atoms with Crippen molar-refractivity contribution in [3.05, 3.63) is 57.3 Å². The van der Waals surface area contributed by atoms with Crippen molar-refractivity contribution in [3.8, 4) is 0 Å². The number of hydrogen-bond acceptors (Lipinski definition) is 2. The van der Waals surface area contributed by atoms with E-state index in [1.807, 2.05) is 11.3 Å². The Morgan fingerprint density at radius 3 is 2.10 bits per heavy atom. The van der Waals surface area contributed by atoms with E-state index in [-0.39, 0.29) is 0 Å². The van der Waals surface area contributed by atoms with E-state index >= 15 is 0 Å². The van der Waals surface area contributed by atoms with Crippen LogP contribution in [0.2, 0.25) is 0 Å². The second-order valence-corrected chi connectivity index (χ2v) is 5.76. The van der Waals surface area contributed by atoms with E-state index in [0.29, 0.717) is 0 Å². The molecule has 2 rings (SSSR count). The van der Waals surface area contributed by atoms with Gasteiger partial charge in [-0.15, -0.1) is 11.3 Å². The number of thiophene rings is 1. The van der Waals surface area contributed by atoms with Gasteiger partial charge in [-0.2, -0.15) is 13.2 Å². The van der Waals surface area contributed by atoms with Gasteiger partial charge < -0.3 is 5.11 Å². The van der Waals surface area contributed by atoms with Crippen molar-refractivity contribution in [2.45, 2.75) is 26.4 Å². The fourth-order valence-electron chi connectivity index (χ4n) is 1.53. The molecule has 0 amide bonds. The molecular weight excluding hydrogens is 301 g/mol. The van der Waals surface area contributed by atoms with Crippen molar-refractivity contribution >= 4 is 17.3 Å². The van der Waals surface area contributed by atoms with Crippen LogP contribution in [0, 0.1) is 13.8 Å². The van der Waals surface area contributed by atoms with E-state index in [1.54, 1.807) is 0 Å². The molecule has 0 aliphatic heterocycles. The first-order chi connectivity index (χ1) is 9.70. The molecule has 2 nitrogen and oxygen atoms in total. The van der Waals surface area contributed by atoms with Crippen molar-refractivity contribution in [1.82, 2.24) is 0 Å². The SMILES string of the molecule is Cc1cc(Cc2ccccc2)sc1C.O=C(O)C(F)(F)F. The maximum Gasteiger partial charge on any atom is 0.490 e. The Morgan fingerprint density at radius 2 is 1.71 bits per heavy atom. The Bertz CT molecular complexity index is 569. The highest BCUT2D eigenvalue weighted by atomic mass is 32.1. The molecule has 21 heavy (non-hydrogen) atoms. The number of rotatable bonds is 2. The average Bonchev–Trinajstić information content (AvgIpc) is 2.69. The maximum atomic E-state index is 10.6. The molecule has 0 atom stereocenters. The Kier molecular flexibility index (Phi) is 5.96. The standard InChI is InChI=1S/C13H14S.C2HF3O2/c1-10-8-13(14-11(10)2)9-12-6-4-3-5-7-12;3-2(4,5)1(6)7/h3-8H,9H2,1-2H3;(H,6,7). The van der Waals surface area contributed by atoms with E-state index in [9.17, 15) is 13.2 Å². The number of carboxylic acid groups (broad SMARTS) is 1. The summed E-state index contributed by atoms with van der Waals surface area (Å²) in [4.78, 5) is 11.8. The fourth-order valence-corrected chi connectivity index (χ4v) is 2.62. The molecule has 1 N–H and O–H groups in total. The van der Waals surface area contributed by atoms with E-state index in [0.717, 1.165) is 6.42 Å². The molecule has 0 radical (unpaired) electrons. The molecule has 0 aliphatic rings. The third-order valence-corrected chi connectivity index (χ3v) is 3.83. The molecule has 6 heteroatoms. The number of carbonyl (C=O) groups is 1. The average molecular weight is 316 g/mol. The molecule has 0 bridgehead atoms. The summed E-state index contributed by atoms with van der Waals surface area (Å²) in [7, 11) is 0. The monoisotopic (exact) mass is 316 g/mol. The fraction of sp³-hybridized carbons (Fsp3) is 0.267. The van der Waals surface area contributed by atoms with Gasteiger partial charge in [-0.3, -0.25) is 0 Å².